The molecule has 1 fully saturated rings. The Hall–Kier alpha value is -0.0600. The molecule has 0 aliphatic carbocycles. The molecule has 0 saturated carbocycles. The maximum absolute atomic E-state index is 4.35. The molecule has 2 nitrogen and oxygen atoms in total. The predicted molar refractivity (Wildman–Crippen MR) is 72.9 cm³/mol. The molecule has 0 aromatic carbocycles. The van der Waals surface area contributed by atoms with Crippen LogP contribution < -0.4 is 5.32 Å². The van der Waals surface area contributed by atoms with Crippen molar-refractivity contribution in [2.45, 2.75) is 36.8 Å². The van der Waals surface area contributed by atoms with E-state index in [9.17, 15) is 0 Å². The highest BCUT2D eigenvalue weighted by Crippen LogP contribution is 2.20. The number of hydrogen-bond acceptors (Lipinski definition) is 3. The maximum Gasteiger partial charge on any atom is 0.0960 e. The van der Waals surface area contributed by atoms with Crippen LogP contribution in [-0.4, -0.2) is 23.3 Å². The zero-order valence-electron chi connectivity index (χ0n) is 9.29. The Bertz CT molecular complexity index is 309. The first-order valence-corrected chi connectivity index (χ1v) is 7.60. The molecule has 0 amide bonds. The highest BCUT2D eigenvalue weighted by atomic mass is 79.9. The van der Waals surface area contributed by atoms with E-state index in [2.05, 4.69) is 32.3 Å². The zero-order chi connectivity index (χ0) is 11.2. The van der Waals surface area contributed by atoms with E-state index in [-0.39, 0.29) is 0 Å². The van der Waals surface area contributed by atoms with Crippen LogP contribution in [0.3, 0.4) is 0 Å². The molecule has 2 rings (SSSR count). The number of aromatic nitrogens is 1. The van der Waals surface area contributed by atoms with E-state index >= 15 is 0 Å². The first kappa shape index (κ1) is 12.4. The second-order valence-corrected chi connectivity index (χ2v) is 6.13. The van der Waals surface area contributed by atoms with Crippen LogP contribution in [0.2, 0.25) is 0 Å². The van der Waals surface area contributed by atoms with Crippen LogP contribution in [0.1, 0.15) is 25.7 Å². The molecule has 1 aliphatic heterocycles. The van der Waals surface area contributed by atoms with E-state index < -0.39 is 0 Å². The van der Waals surface area contributed by atoms with Crippen molar-refractivity contribution in [3.8, 4) is 0 Å². The number of nitrogens with zero attached hydrogens (tertiary/aromatic N) is 1. The number of thioether (sulfide) groups is 1. The SMILES string of the molecule is Brc1ccc(SCCCC2CCCN2)nc1. The van der Waals surface area contributed by atoms with E-state index in [1.165, 1.54) is 38.0 Å². The largest absolute Gasteiger partial charge is 0.314 e. The summed E-state index contributed by atoms with van der Waals surface area (Å²) in [6.07, 6.45) is 7.16. The van der Waals surface area contributed by atoms with Crippen molar-refractivity contribution in [1.82, 2.24) is 10.3 Å². The summed E-state index contributed by atoms with van der Waals surface area (Å²) in [5.74, 6) is 1.17. The van der Waals surface area contributed by atoms with Gasteiger partial charge in [-0.3, -0.25) is 0 Å². The Labute approximate surface area is 110 Å². The zero-order valence-corrected chi connectivity index (χ0v) is 11.7. The Morgan fingerprint density at radius 3 is 3.12 bits per heavy atom. The second-order valence-electron chi connectivity index (χ2n) is 4.10. The molecule has 88 valence electrons. The summed E-state index contributed by atoms with van der Waals surface area (Å²) < 4.78 is 1.05. The molecule has 1 aromatic rings. The molecule has 1 atom stereocenters. The Kier molecular flexibility index (Phi) is 5.13. The summed E-state index contributed by atoms with van der Waals surface area (Å²) in [7, 11) is 0. The molecule has 0 bridgehead atoms. The van der Waals surface area contributed by atoms with Crippen LogP contribution in [0, 0.1) is 0 Å². The normalized spacial score (nSPS) is 20.2. The summed E-state index contributed by atoms with van der Waals surface area (Å²) in [6.45, 7) is 1.21. The van der Waals surface area contributed by atoms with Gasteiger partial charge in [-0.25, -0.2) is 4.98 Å². The minimum Gasteiger partial charge on any atom is -0.314 e. The smallest absolute Gasteiger partial charge is 0.0960 e. The van der Waals surface area contributed by atoms with Gasteiger partial charge < -0.3 is 5.32 Å². The van der Waals surface area contributed by atoms with Gasteiger partial charge in [0.1, 0.15) is 0 Å². The molecule has 4 heteroatoms. The quantitative estimate of drug-likeness (QED) is 0.666. The van der Waals surface area contributed by atoms with E-state index in [0.717, 1.165) is 15.5 Å². The lowest BCUT2D eigenvalue weighted by molar-refractivity contribution is 0.553. The van der Waals surface area contributed by atoms with Crippen LogP contribution in [0.25, 0.3) is 0 Å². The molecule has 1 N–H and O–H groups in total. The fourth-order valence-electron chi connectivity index (χ4n) is 1.96. The summed E-state index contributed by atoms with van der Waals surface area (Å²) >= 11 is 5.24. The second kappa shape index (κ2) is 6.62. The van der Waals surface area contributed by atoms with Crippen LogP contribution in [0.4, 0.5) is 0 Å². The van der Waals surface area contributed by atoms with E-state index in [4.69, 9.17) is 0 Å². The molecular formula is C12H17BrN2S. The van der Waals surface area contributed by atoms with Gasteiger partial charge in [-0.2, -0.15) is 0 Å². The minimum absolute atomic E-state index is 0.776. The molecule has 2 heterocycles. The molecule has 1 aromatic heterocycles. The predicted octanol–water partition coefficient (Wildman–Crippen LogP) is 3.47. The topological polar surface area (TPSA) is 24.9 Å². The molecule has 16 heavy (non-hydrogen) atoms. The third kappa shape index (κ3) is 4.07. The standard InChI is InChI=1S/C12H17BrN2S/c13-10-5-6-12(15-9-10)16-8-2-4-11-3-1-7-14-11/h5-6,9,11,14H,1-4,7-8H2. The monoisotopic (exact) mass is 300 g/mol. The van der Waals surface area contributed by atoms with Gasteiger partial charge in [0.2, 0.25) is 0 Å². The summed E-state index contributed by atoms with van der Waals surface area (Å²) in [6, 6.07) is 4.90. The van der Waals surface area contributed by atoms with Gasteiger partial charge in [0, 0.05) is 16.7 Å². The Balaban J connectivity index is 1.62. The van der Waals surface area contributed by atoms with Crippen molar-refractivity contribution in [2.24, 2.45) is 0 Å². The van der Waals surface area contributed by atoms with Gasteiger partial charge in [-0.1, -0.05) is 0 Å². The summed E-state index contributed by atoms with van der Waals surface area (Å²) in [5.41, 5.74) is 0. The van der Waals surface area contributed by atoms with Crippen molar-refractivity contribution >= 4 is 27.7 Å². The van der Waals surface area contributed by atoms with Gasteiger partial charge >= 0.3 is 0 Å². The number of hydrogen-bond donors (Lipinski definition) is 1. The summed E-state index contributed by atoms with van der Waals surface area (Å²) in [4.78, 5) is 4.35. The molecule has 1 saturated heterocycles. The number of pyridine rings is 1. The maximum atomic E-state index is 4.35. The fraction of sp³-hybridized carbons (Fsp3) is 0.583. The highest BCUT2D eigenvalue weighted by molar-refractivity contribution is 9.10. The number of halogens is 1. The van der Waals surface area contributed by atoms with Crippen molar-refractivity contribution in [3.05, 3.63) is 22.8 Å². The molecule has 0 radical (unpaired) electrons. The van der Waals surface area contributed by atoms with Crippen LogP contribution >= 0.6 is 27.7 Å². The van der Waals surface area contributed by atoms with Crippen LogP contribution in [0.5, 0.6) is 0 Å². The first-order valence-electron chi connectivity index (χ1n) is 5.82. The van der Waals surface area contributed by atoms with Gasteiger partial charge in [-0.15, -0.1) is 11.8 Å². The average Bonchev–Trinajstić information content (AvgIpc) is 2.80. The van der Waals surface area contributed by atoms with Crippen LogP contribution in [0.15, 0.2) is 27.8 Å². The van der Waals surface area contributed by atoms with Crippen molar-refractivity contribution in [2.75, 3.05) is 12.3 Å². The molecule has 1 aliphatic rings. The Morgan fingerprint density at radius 2 is 2.44 bits per heavy atom. The number of nitrogens with one attached hydrogen (secondary N) is 1. The number of rotatable bonds is 5. The third-order valence-electron chi connectivity index (χ3n) is 2.81. The van der Waals surface area contributed by atoms with Crippen molar-refractivity contribution < 1.29 is 0 Å². The molecular weight excluding hydrogens is 284 g/mol. The van der Waals surface area contributed by atoms with E-state index in [0.29, 0.717) is 0 Å². The fourth-order valence-corrected chi connectivity index (χ4v) is 3.00. The van der Waals surface area contributed by atoms with Gasteiger partial charge in [0.15, 0.2) is 0 Å². The summed E-state index contributed by atoms with van der Waals surface area (Å²) in [5, 5.41) is 4.66. The average molecular weight is 301 g/mol. The van der Waals surface area contributed by atoms with E-state index in [1.54, 1.807) is 0 Å². The minimum atomic E-state index is 0.776. The lowest BCUT2D eigenvalue weighted by atomic mass is 10.1. The highest BCUT2D eigenvalue weighted by Gasteiger charge is 2.12. The van der Waals surface area contributed by atoms with Gasteiger partial charge in [0.25, 0.3) is 0 Å². The van der Waals surface area contributed by atoms with Gasteiger partial charge in [-0.05, 0) is 66.0 Å². The Morgan fingerprint density at radius 1 is 1.50 bits per heavy atom. The molecule has 0 spiro atoms. The molecule has 1 unspecified atom stereocenters. The van der Waals surface area contributed by atoms with E-state index in [1.807, 2.05) is 24.0 Å². The van der Waals surface area contributed by atoms with Crippen LogP contribution in [-0.2, 0) is 0 Å². The third-order valence-corrected chi connectivity index (χ3v) is 4.31. The van der Waals surface area contributed by atoms with Crippen molar-refractivity contribution in [1.29, 1.82) is 0 Å². The first-order chi connectivity index (χ1) is 7.84. The van der Waals surface area contributed by atoms with Crippen molar-refractivity contribution in [3.63, 3.8) is 0 Å². The van der Waals surface area contributed by atoms with Gasteiger partial charge in [0.05, 0.1) is 5.03 Å². The lowest BCUT2D eigenvalue weighted by Gasteiger charge is -2.08. The lowest BCUT2D eigenvalue weighted by Crippen LogP contribution is -2.20.